The van der Waals surface area contributed by atoms with Gasteiger partial charge in [-0.1, -0.05) is 0 Å². The Hall–Kier alpha value is -1.31. The molecule has 0 spiro atoms. The number of aromatic nitrogens is 1. The van der Waals surface area contributed by atoms with Gasteiger partial charge in [0.15, 0.2) is 5.96 Å². The van der Waals surface area contributed by atoms with Gasteiger partial charge in [0.25, 0.3) is 0 Å². The van der Waals surface area contributed by atoms with E-state index in [1.165, 1.54) is 4.88 Å². The molecule has 136 valence electrons. The Morgan fingerprint density at radius 1 is 1.25 bits per heavy atom. The van der Waals surface area contributed by atoms with Crippen molar-refractivity contribution in [2.75, 3.05) is 6.54 Å². The van der Waals surface area contributed by atoms with Crippen molar-refractivity contribution in [2.24, 2.45) is 10.9 Å². The zero-order valence-electron chi connectivity index (χ0n) is 14.3. The third-order valence-corrected chi connectivity index (χ3v) is 5.38. The van der Waals surface area contributed by atoms with Gasteiger partial charge in [-0.3, -0.25) is 0 Å². The quantitative estimate of drug-likeness (QED) is 0.630. The first-order valence-electron chi connectivity index (χ1n) is 8.34. The third kappa shape index (κ3) is 5.36. The Morgan fingerprint density at radius 2 is 1.92 bits per heavy atom. The van der Waals surface area contributed by atoms with Crippen LogP contribution < -0.4 is 10.6 Å². The maximum absolute atomic E-state index is 12.7. The number of rotatable bonds is 4. The van der Waals surface area contributed by atoms with Crippen molar-refractivity contribution in [3.8, 4) is 0 Å². The van der Waals surface area contributed by atoms with Crippen molar-refractivity contribution >= 4 is 17.3 Å². The summed E-state index contributed by atoms with van der Waals surface area (Å²) in [5, 5.41) is 7.37. The number of aliphatic imine (C=N–C) groups is 1. The van der Waals surface area contributed by atoms with Crippen molar-refractivity contribution in [3.05, 3.63) is 15.6 Å². The molecule has 0 bridgehead atoms. The minimum atomic E-state index is -4.07. The third-order valence-electron chi connectivity index (χ3n) is 4.32. The number of nitrogens with one attached hydrogen (secondary N) is 2. The highest BCUT2D eigenvalue weighted by Gasteiger charge is 2.41. The molecular formula is C16H25F3N4S. The lowest BCUT2D eigenvalue weighted by molar-refractivity contribution is -0.182. The number of guanidine groups is 1. The second kappa shape index (κ2) is 8.18. The Morgan fingerprint density at radius 3 is 2.42 bits per heavy atom. The van der Waals surface area contributed by atoms with Gasteiger partial charge in [0, 0.05) is 17.5 Å². The molecule has 0 saturated heterocycles. The molecule has 24 heavy (non-hydrogen) atoms. The predicted molar refractivity (Wildman–Crippen MR) is 91.3 cm³/mol. The molecule has 1 aromatic rings. The van der Waals surface area contributed by atoms with Crippen LogP contribution in [0.4, 0.5) is 13.2 Å². The molecule has 1 aromatic heterocycles. The first-order valence-corrected chi connectivity index (χ1v) is 9.15. The van der Waals surface area contributed by atoms with E-state index in [0.29, 0.717) is 31.9 Å². The summed E-state index contributed by atoms with van der Waals surface area (Å²) in [6.45, 7) is 7.16. The Kier molecular flexibility index (Phi) is 6.48. The molecule has 1 aliphatic carbocycles. The van der Waals surface area contributed by atoms with Crippen LogP contribution in [-0.4, -0.2) is 29.7 Å². The average molecular weight is 362 g/mol. The SMILES string of the molecule is CCNC(=NCc1nc(C)c(C)s1)NC1CCC(C(F)(F)F)CC1. The molecule has 0 unspecified atom stereocenters. The molecule has 4 nitrogen and oxygen atoms in total. The van der Waals surface area contributed by atoms with Crippen LogP contribution >= 0.6 is 11.3 Å². The van der Waals surface area contributed by atoms with Crippen LogP contribution in [0.5, 0.6) is 0 Å². The molecule has 8 heteroatoms. The number of nitrogens with zero attached hydrogens (tertiary/aromatic N) is 2. The molecule has 0 atom stereocenters. The minimum Gasteiger partial charge on any atom is -0.357 e. The van der Waals surface area contributed by atoms with Crippen LogP contribution in [0.15, 0.2) is 4.99 Å². The van der Waals surface area contributed by atoms with E-state index in [2.05, 4.69) is 20.6 Å². The Labute approximate surface area is 145 Å². The summed E-state index contributed by atoms with van der Waals surface area (Å²) in [6.07, 6.45) is -2.66. The number of hydrogen-bond acceptors (Lipinski definition) is 3. The van der Waals surface area contributed by atoms with Crippen LogP contribution in [0.2, 0.25) is 0 Å². The lowest BCUT2D eigenvalue weighted by Gasteiger charge is -2.31. The fourth-order valence-corrected chi connectivity index (χ4v) is 3.69. The van der Waals surface area contributed by atoms with Crippen LogP contribution in [0.1, 0.15) is 48.2 Å². The molecule has 2 N–H and O–H groups in total. The van der Waals surface area contributed by atoms with E-state index in [-0.39, 0.29) is 18.9 Å². The summed E-state index contributed by atoms with van der Waals surface area (Å²) < 4.78 is 38.2. The molecule has 1 saturated carbocycles. The van der Waals surface area contributed by atoms with Crippen molar-refractivity contribution in [3.63, 3.8) is 0 Å². The highest BCUT2D eigenvalue weighted by molar-refractivity contribution is 7.11. The molecule has 0 amide bonds. The van der Waals surface area contributed by atoms with Crippen LogP contribution in [-0.2, 0) is 6.54 Å². The van der Waals surface area contributed by atoms with Gasteiger partial charge in [-0.2, -0.15) is 13.2 Å². The van der Waals surface area contributed by atoms with Gasteiger partial charge in [0.2, 0.25) is 0 Å². The van der Waals surface area contributed by atoms with Crippen LogP contribution in [0, 0.1) is 19.8 Å². The standard InChI is InChI=1S/C16H25F3N4S/c1-4-20-15(21-9-14-22-10(2)11(3)24-14)23-13-7-5-12(6-8-13)16(17,18)19/h12-13H,4-9H2,1-3H3,(H2,20,21,23). The molecule has 1 heterocycles. The fraction of sp³-hybridized carbons (Fsp3) is 0.750. The van der Waals surface area contributed by atoms with E-state index < -0.39 is 12.1 Å². The van der Waals surface area contributed by atoms with Crippen molar-refractivity contribution < 1.29 is 13.2 Å². The van der Waals surface area contributed by atoms with Gasteiger partial charge < -0.3 is 10.6 Å². The highest BCUT2D eigenvalue weighted by atomic mass is 32.1. The lowest BCUT2D eigenvalue weighted by atomic mass is 9.85. The van der Waals surface area contributed by atoms with Crippen molar-refractivity contribution in [1.82, 2.24) is 15.6 Å². The predicted octanol–water partition coefficient (Wildman–Crippen LogP) is 3.94. The van der Waals surface area contributed by atoms with E-state index in [9.17, 15) is 13.2 Å². The van der Waals surface area contributed by atoms with Crippen LogP contribution in [0.25, 0.3) is 0 Å². The first kappa shape index (κ1) is 19.0. The largest absolute Gasteiger partial charge is 0.391 e. The first-order chi connectivity index (χ1) is 11.3. The van der Waals surface area contributed by atoms with E-state index in [0.717, 1.165) is 10.7 Å². The van der Waals surface area contributed by atoms with Gasteiger partial charge in [0.05, 0.1) is 18.2 Å². The highest BCUT2D eigenvalue weighted by Crippen LogP contribution is 2.37. The zero-order valence-corrected chi connectivity index (χ0v) is 15.2. The summed E-state index contributed by atoms with van der Waals surface area (Å²) in [5.74, 6) is -0.505. The van der Waals surface area contributed by atoms with Crippen molar-refractivity contribution in [2.45, 2.75) is 65.2 Å². The summed E-state index contributed by atoms with van der Waals surface area (Å²) in [4.78, 5) is 10.2. The monoisotopic (exact) mass is 362 g/mol. The maximum Gasteiger partial charge on any atom is 0.391 e. The van der Waals surface area contributed by atoms with Gasteiger partial charge >= 0.3 is 6.18 Å². The lowest BCUT2D eigenvalue weighted by Crippen LogP contribution is -2.45. The number of alkyl halides is 3. The van der Waals surface area contributed by atoms with E-state index in [1.807, 2.05) is 20.8 Å². The Balaban J connectivity index is 1.90. The maximum atomic E-state index is 12.7. The van der Waals surface area contributed by atoms with Gasteiger partial charge in [0.1, 0.15) is 5.01 Å². The molecule has 1 aliphatic rings. The summed E-state index contributed by atoms with van der Waals surface area (Å²) in [7, 11) is 0. The summed E-state index contributed by atoms with van der Waals surface area (Å²) in [5.41, 5.74) is 1.02. The topological polar surface area (TPSA) is 49.3 Å². The summed E-state index contributed by atoms with van der Waals surface area (Å²) in [6, 6.07) is 0.0427. The summed E-state index contributed by atoms with van der Waals surface area (Å²) >= 11 is 1.62. The smallest absolute Gasteiger partial charge is 0.357 e. The zero-order chi connectivity index (χ0) is 17.7. The minimum absolute atomic E-state index is 0.0427. The van der Waals surface area contributed by atoms with Gasteiger partial charge in [-0.15, -0.1) is 11.3 Å². The number of thiazole rings is 1. The van der Waals surface area contributed by atoms with E-state index in [1.54, 1.807) is 11.3 Å². The van der Waals surface area contributed by atoms with Crippen molar-refractivity contribution in [1.29, 1.82) is 0 Å². The second-order valence-corrected chi connectivity index (χ2v) is 7.47. The average Bonchev–Trinajstić information content (AvgIpc) is 2.83. The number of aryl methyl sites for hydroxylation is 2. The number of halogens is 3. The normalized spacial score (nSPS) is 22.5. The van der Waals surface area contributed by atoms with E-state index >= 15 is 0 Å². The second-order valence-electron chi connectivity index (χ2n) is 6.18. The molecule has 2 rings (SSSR count). The molecule has 0 aliphatic heterocycles. The molecule has 1 fully saturated rings. The van der Waals surface area contributed by atoms with E-state index in [4.69, 9.17) is 0 Å². The molecular weight excluding hydrogens is 337 g/mol. The van der Waals surface area contributed by atoms with Gasteiger partial charge in [-0.25, -0.2) is 9.98 Å². The fourth-order valence-electron chi connectivity index (χ4n) is 2.83. The number of hydrogen-bond donors (Lipinski definition) is 2. The Bertz CT molecular complexity index is 541. The molecule has 0 aromatic carbocycles. The van der Waals surface area contributed by atoms with Crippen LogP contribution in [0.3, 0.4) is 0 Å². The van der Waals surface area contributed by atoms with Gasteiger partial charge in [-0.05, 0) is 46.5 Å². The molecule has 0 radical (unpaired) electrons.